The van der Waals surface area contributed by atoms with Crippen molar-refractivity contribution in [2.45, 2.75) is 61.3 Å². The molecule has 1 aliphatic heterocycles. The maximum Gasteiger partial charge on any atom is 0.140 e. The normalized spacial score (nSPS) is 13.3. The number of aryl methyl sites for hydroxylation is 1. The highest BCUT2D eigenvalue weighted by atomic mass is 16.5. The lowest BCUT2D eigenvalue weighted by Crippen LogP contribution is -2.12. The van der Waals surface area contributed by atoms with Gasteiger partial charge >= 0.3 is 0 Å². The number of hydrogen-bond acceptors (Lipinski definition) is 2. The molecule has 0 aliphatic carbocycles. The Morgan fingerprint density at radius 2 is 1.44 bits per heavy atom. The first-order valence-corrected chi connectivity index (χ1v) is 13.1. The number of fused-ring (bicyclic) bond motifs is 5. The number of benzene rings is 4. The first-order valence-electron chi connectivity index (χ1n) is 13.1. The SMILES string of the molecule is Cc1ccc2c(cc3c4c(nccc42)-c2cc4ccccc4c(CC(C)(C)C)c2O3)c1CC(C)(C)C. The Hall–Kier alpha value is -3.39. The van der Waals surface area contributed by atoms with E-state index in [-0.39, 0.29) is 10.8 Å². The van der Waals surface area contributed by atoms with Gasteiger partial charge in [0.25, 0.3) is 0 Å². The molecule has 2 heterocycles. The molecular formula is C34H35NO. The van der Waals surface area contributed by atoms with E-state index in [1.165, 1.54) is 43.6 Å². The number of aromatic nitrogens is 1. The van der Waals surface area contributed by atoms with Crippen molar-refractivity contribution in [1.29, 1.82) is 0 Å². The molecule has 36 heavy (non-hydrogen) atoms. The summed E-state index contributed by atoms with van der Waals surface area (Å²) in [6.07, 6.45) is 3.93. The third-order valence-electron chi connectivity index (χ3n) is 7.34. The molecule has 182 valence electrons. The van der Waals surface area contributed by atoms with Crippen LogP contribution in [0.15, 0.2) is 60.8 Å². The maximum absolute atomic E-state index is 6.93. The van der Waals surface area contributed by atoms with Gasteiger partial charge in [0.15, 0.2) is 0 Å². The topological polar surface area (TPSA) is 22.1 Å². The van der Waals surface area contributed by atoms with Gasteiger partial charge in [0.05, 0.1) is 11.1 Å². The Morgan fingerprint density at radius 1 is 0.722 bits per heavy atom. The molecule has 0 N–H and O–H groups in total. The molecule has 0 saturated carbocycles. The summed E-state index contributed by atoms with van der Waals surface area (Å²) in [5, 5.41) is 7.44. The van der Waals surface area contributed by atoms with Crippen LogP contribution in [-0.2, 0) is 12.8 Å². The average molecular weight is 474 g/mol. The summed E-state index contributed by atoms with van der Waals surface area (Å²) in [5.41, 5.74) is 6.49. The molecule has 6 rings (SSSR count). The zero-order valence-electron chi connectivity index (χ0n) is 22.5. The van der Waals surface area contributed by atoms with Crippen molar-refractivity contribution in [3.63, 3.8) is 0 Å². The summed E-state index contributed by atoms with van der Waals surface area (Å²) in [5.74, 6) is 1.90. The van der Waals surface area contributed by atoms with Crippen molar-refractivity contribution in [3.8, 4) is 22.8 Å². The second-order valence-electron chi connectivity index (χ2n) is 12.9. The van der Waals surface area contributed by atoms with Gasteiger partial charge in [0, 0.05) is 17.3 Å². The minimum Gasteiger partial charge on any atom is -0.456 e. The molecule has 0 radical (unpaired) electrons. The zero-order valence-corrected chi connectivity index (χ0v) is 22.5. The molecule has 1 aliphatic rings. The summed E-state index contributed by atoms with van der Waals surface area (Å²) in [6, 6.07) is 20.0. The van der Waals surface area contributed by atoms with Crippen LogP contribution in [-0.4, -0.2) is 4.98 Å². The van der Waals surface area contributed by atoms with Crippen molar-refractivity contribution in [1.82, 2.24) is 4.98 Å². The van der Waals surface area contributed by atoms with Gasteiger partial charge in [-0.15, -0.1) is 0 Å². The number of hydrogen-bond donors (Lipinski definition) is 0. The molecule has 0 spiro atoms. The van der Waals surface area contributed by atoms with Crippen LogP contribution in [0.3, 0.4) is 0 Å². The molecule has 0 atom stereocenters. The number of ether oxygens (including phenoxy) is 1. The number of nitrogens with zero attached hydrogens (tertiary/aromatic N) is 1. The van der Waals surface area contributed by atoms with Gasteiger partial charge in [-0.25, -0.2) is 0 Å². The van der Waals surface area contributed by atoms with Gasteiger partial charge in [0.2, 0.25) is 0 Å². The summed E-state index contributed by atoms with van der Waals surface area (Å²) >= 11 is 0. The van der Waals surface area contributed by atoms with Crippen LogP contribution in [0.5, 0.6) is 11.5 Å². The van der Waals surface area contributed by atoms with Gasteiger partial charge in [-0.2, -0.15) is 0 Å². The van der Waals surface area contributed by atoms with Gasteiger partial charge in [-0.3, -0.25) is 4.98 Å². The molecule has 5 aromatic rings. The zero-order chi connectivity index (χ0) is 25.4. The second-order valence-corrected chi connectivity index (χ2v) is 12.9. The largest absolute Gasteiger partial charge is 0.456 e. The van der Waals surface area contributed by atoms with E-state index in [4.69, 9.17) is 9.72 Å². The van der Waals surface area contributed by atoms with Crippen LogP contribution in [0.2, 0.25) is 0 Å². The Morgan fingerprint density at radius 3 is 2.19 bits per heavy atom. The van der Waals surface area contributed by atoms with Gasteiger partial charge < -0.3 is 4.74 Å². The molecule has 0 bridgehead atoms. The molecule has 0 saturated heterocycles. The summed E-state index contributed by atoms with van der Waals surface area (Å²) in [7, 11) is 0. The Balaban J connectivity index is 1.71. The highest BCUT2D eigenvalue weighted by Gasteiger charge is 2.29. The van der Waals surface area contributed by atoms with Crippen molar-refractivity contribution in [2.75, 3.05) is 0 Å². The molecule has 2 nitrogen and oxygen atoms in total. The van der Waals surface area contributed by atoms with Crippen molar-refractivity contribution in [2.24, 2.45) is 10.8 Å². The number of rotatable bonds is 2. The lowest BCUT2D eigenvalue weighted by Gasteiger charge is -2.28. The second kappa shape index (κ2) is 7.80. The van der Waals surface area contributed by atoms with Crippen LogP contribution < -0.4 is 4.74 Å². The van der Waals surface area contributed by atoms with E-state index in [9.17, 15) is 0 Å². The minimum absolute atomic E-state index is 0.126. The Kier molecular flexibility index (Phi) is 4.99. The Labute approximate surface area is 214 Å². The van der Waals surface area contributed by atoms with E-state index >= 15 is 0 Å². The number of pyridine rings is 1. The quantitative estimate of drug-likeness (QED) is 0.233. The molecule has 2 heteroatoms. The Bertz CT molecular complexity index is 1680. The average Bonchev–Trinajstić information content (AvgIpc) is 2.80. The molecule has 0 fully saturated rings. The van der Waals surface area contributed by atoms with E-state index in [2.05, 4.69) is 103 Å². The molecular weight excluding hydrogens is 438 g/mol. The predicted octanol–water partition coefficient (Wildman–Crippen LogP) is 9.80. The van der Waals surface area contributed by atoms with Crippen LogP contribution in [0, 0.1) is 17.8 Å². The van der Waals surface area contributed by atoms with Gasteiger partial charge in [-0.05, 0) is 86.9 Å². The lowest BCUT2D eigenvalue weighted by molar-refractivity contribution is 0.400. The van der Waals surface area contributed by atoms with E-state index in [1.54, 1.807) is 0 Å². The van der Waals surface area contributed by atoms with Crippen LogP contribution in [0.4, 0.5) is 0 Å². The minimum atomic E-state index is 0.126. The highest BCUT2D eigenvalue weighted by molar-refractivity contribution is 6.17. The van der Waals surface area contributed by atoms with E-state index in [1.807, 2.05) is 6.20 Å². The fourth-order valence-electron chi connectivity index (χ4n) is 5.87. The van der Waals surface area contributed by atoms with Crippen molar-refractivity contribution < 1.29 is 4.74 Å². The molecule has 4 aromatic carbocycles. The highest BCUT2D eigenvalue weighted by Crippen LogP contribution is 2.52. The summed E-state index contributed by atoms with van der Waals surface area (Å²) in [4.78, 5) is 4.95. The van der Waals surface area contributed by atoms with Crippen molar-refractivity contribution in [3.05, 3.63) is 77.5 Å². The van der Waals surface area contributed by atoms with Gasteiger partial charge in [-0.1, -0.05) is 77.9 Å². The van der Waals surface area contributed by atoms with Crippen LogP contribution in [0.1, 0.15) is 58.2 Å². The van der Waals surface area contributed by atoms with Crippen LogP contribution in [0.25, 0.3) is 43.6 Å². The van der Waals surface area contributed by atoms with E-state index in [0.717, 1.165) is 41.0 Å². The fourth-order valence-corrected chi connectivity index (χ4v) is 5.87. The van der Waals surface area contributed by atoms with Crippen LogP contribution >= 0.6 is 0 Å². The predicted molar refractivity (Wildman–Crippen MR) is 153 cm³/mol. The first-order chi connectivity index (χ1) is 17.0. The first kappa shape index (κ1) is 23.0. The molecule has 0 amide bonds. The molecule has 1 aromatic heterocycles. The smallest absolute Gasteiger partial charge is 0.140 e. The monoisotopic (exact) mass is 473 g/mol. The molecule has 0 unspecified atom stereocenters. The maximum atomic E-state index is 6.93. The third kappa shape index (κ3) is 3.75. The third-order valence-corrected chi connectivity index (χ3v) is 7.34. The summed E-state index contributed by atoms with van der Waals surface area (Å²) < 4.78 is 6.93. The van der Waals surface area contributed by atoms with Crippen molar-refractivity contribution >= 4 is 32.3 Å². The van der Waals surface area contributed by atoms with E-state index in [0.29, 0.717) is 0 Å². The van der Waals surface area contributed by atoms with Gasteiger partial charge in [0.1, 0.15) is 11.5 Å². The lowest BCUT2D eigenvalue weighted by atomic mass is 9.82. The fraction of sp³-hybridized carbons (Fsp3) is 0.324. The summed E-state index contributed by atoms with van der Waals surface area (Å²) in [6.45, 7) is 16.1. The van der Waals surface area contributed by atoms with E-state index < -0.39 is 0 Å². The standard InChI is InChI=1S/C34H35NO/c1-20-12-13-23-24-14-15-35-31-26-16-21-10-8-9-11-22(21)28(19-34(5,6)7)32(26)36-29(30(24)31)17-25(23)27(20)18-33(2,3)4/h8-17H,18-19H2,1-7H3.